The Morgan fingerprint density at radius 3 is 2.74 bits per heavy atom. The van der Waals surface area contributed by atoms with Crippen molar-refractivity contribution in [1.82, 2.24) is 4.40 Å². The first-order chi connectivity index (χ1) is 15.2. The largest absolute Gasteiger partial charge is 0.419 e. The van der Waals surface area contributed by atoms with Gasteiger partial charge < -0.3 is 4.42 Å². The lowest BCUT2D eigenvalue weighted by Gasteiger charge is -2.27. The standard InChI is InChI=1S/C28H31N2O/c1-4-7-9-19-12-13-22-23(18-19)31-27-25(22)29-17-15-21-11-8-10-20-14-16-28(5-2,6-3)30(27)26(29)24(20)21/h8,10-13,15,17-18H,4-7,9,14,16H2,1-3H3/q+1. The number of unbranched alkanes of at least 4 members (excludes halogenated alkanes) is 1. The Morgan fingerprint density at radius 2 is 1.94 bits per heavy atom. The second kappa shape index (κ2) is 6.85. The highest BCUT2D eigenvalue weighted by Gasteiger charge is 2.43. The maximum Gasteiger partial charge on any atom is 0.340 e. The fourth-order valence-corrected chi connectivity index (χ4v) is 5.96. The van der Waals surface area contributed by atoms with Gasteiger partial charge in [0.25, 0.3) is 5.65 Å². The van der Waals surface area contributed by atoms with E-state index in [1.807, 2.05) is 0 Å². The summed E-state index contributed by atoms with van der Waals surface area (Å²) >= 11 is 0. The Hall–Kier alpha value is -2.81. The number of furan rings is 1. The van der Waals surface area contributed by atoms with Gasteiger partial charge in [-0.15, -0.1) is 0 Å². The fraction of sp³-hybridized carbons (Fsp3) is 0.393. The molecule has 0 N–H and O–H groups in total. The fourth-order valence-electron chi connectivity index (χ4n) is 5.96. The summed E-state index contributed by atoms with van der Waals surface area (Å²) in [6.07, 6.45) is 10.3. The van der Waals surface area contributed by atoms with Crippen LogP contribution in [0.3, 0.4) is 0 Å². The van der Waals surface area contributed by atoms with Crippen molar-refractivity contribution in [2.75, 3.05) is 0 Å². The lowest BCUT2D eigenvalue weighted by Crippen LogP contribution is -2.55. The minimum atomic E-state index is 0.0687. The number of hydrogen-bond acceptors (Lipinski definition) is 1. The number of imidazole rings is 1. The Bertz CT molecular complexity index is 1450. The Kier molecular flexibility index (Phi) is 4.18. The molecule has 1 aliphatic rings. The lowest BCUT2D eigenvalue weighted by molar-refractivity contribution is -0.726. The van der Waals surface area contributed by atoms with Crippen molar-refractivity contribution in [3.63, 3.8) is 0 Å². The molecule has 3 nitrogen and oxygen atoms in total. The van der Waals surface area contributed by atoms with Crippen LogP contribution in [0.15, 0.2) is 53.1 Å². The molecule has 3 heteroatoms. The number of aromatic nitrogens is 2. The summed E-state index contributed by atoms with van der Waals surface area (Å²) in [4.78, 5) is 0. The predicted octanol–water partition coefficient (Wildman–Crippen LogP) is 7.08. The predicted molar refractivity (Wildman–Crippen MR) is 128 cm³/mol. The van der Waals surface area contributed by atoms with E-state index < -0.39 is 0 Å². The second-order valence-electron chi connectivity index (χ2n) is 9.35. The van der Waals surface area contributed by atoms with E-state index in [1.165, 1.54) is 51.3 Å². The highest BCUT2D eigenvalue weighted by atomic mass is 16.3. The summed E-state index contributed by atoms with van der Waals surface area (Å²) in [5, 5.41) is 3.95. The second-order valence-corrected chi connectivity index (χ2v) is 9.35. The third-order valence-electron chi connectivity index (χ3n) is 7.87. The van der Waals surface area contributed by atoms with Gasteiger partial charge in [0.1, 0.15) is 11.1 Å². The van der Waals surface area contributed by atoms with Gasteiger partial charge in [-0.3, -0.25) is 0 Å². The van der Waals surface area contributed by atoms with E-state index in [0.29, 0.717) is 0 Å². The Morgan fingerprint density at radius 1 is 1.06 bits per heavy atom. The van der Waals surface area contributed by atoms with Crippen LogP contribution in [0.1, 0.15) is 64.0 Å². The normalized spacial score (nSPS) is 15.6. The molecule has 4 heterocycles. The molecule has 2 aromatic carbocycles. The van der Waals surface area contributed by atoms with E-state index in [4.69, 9.17) is 4.42 Å². The van der Waals surface area contributed by atoms with Gasteiger partial charge >= 0.3 is 5.71 Å². The van der Waals surface area contributed by atoms with Gasteiger partial charge in [-0.05, 0) is 73.2 Å². The molecule has 0 radical (unpaired) electrons. The lowest BCUT2D eigenvalue weighted by atomic mass is 9.86. The number of hydrogen-bond donors (Lipinski definition) is 0. The number of aryl methyl sites for hydroxylation is 2. The molecule has 31 heavy (non-hydrogen) atoms. The SMILES string of the molecule is CCCCc1ccc2c(c1)oc1c2n2ccc3cccc4c3c2[n+]1C(CC)(CC)CC4. The molecular formula is C28H31N2O+. The van der Waals surface area contributed by atoms with Crippen molar-refractivity contribution in [2.45, 2.75) is 71.3 Å². The molecular weight excluding hydrogens is 380 g/mol. The highest BCUT2D eigenvalue weighted by Crippen LogP contribution is 2.39. The molecule has 0 spiro atoms. The molecule has 0 bridgehead atoms. The molecule has 0 amide bonds. The van der Waals surface area contributed by atoms with Gasteiger partial charge in [-0.25, -0.2) is 0 Å². The summed E-state index contributed by atoms with van der Waals surface area (Å²) in [5.74, 6) is 0. The molecule has 0 saturated heterocycles. The van der Waals surface area contributed by atoms with Crippen LogP contribution in [0.4, 0.5) is 0 Å². The quantitative estimate of drug-likeness (QED) is 0.283. The van der Waals surface area contributed by atoms with Gasteiger partial charge in [0.05, 0.1) is 17.0 Å². The zero-order valence-corrected chi connectivity index (χ0v) is 18.9. The molecule has 0 unspecified atom stereocenters. The van der Waals surface area contributed by atoms with Gasteiger partial charge in [0.15, 0.2) is 0 Å². The van der Waals surface area contributed by atoms with E-state index in [-0.39, 0.29) is 5.54 Å². The first-order valence-corrected chi connectivity index (χ1v) is 12.0. The molecule has 0 fully saturated rings. The molecule has 158 valence electrons. The first-order valence-electron chi connectivity index (χ1n) is 12.0. The first kappa shape index (κ1) is 18.9. The van der Waals surface area contributed by atoms with Crippen LogP contribution in [-0.2, 0) is 18.4 Å². The van der Waals surface area contributed by atoms with Crippen LogP contribution >= 0.6 is 0 Å². The molecule has 0 saturated carbocycles. The number of fused-ring (bicyclic) bond motifs is 5. The third kappa shape index (κ3) is 2.49. The molecule has 0 atom stereocenters. The van der Waals surface area contributed by atoms with Crippen molar-refractivity contribution in [1.29, 1.82) is 0 Å². The number of pyridine rings is 1. The maximum atomic E-state index is 6.71. The third-order valence-corrected chi connectivity index (χ3v) is 7.87. The number of nitrogens with zero attached hydrogens (tertiary/aromatic N) is 2. The van der Waals surface area contributed by atoms with Crippen molar-refractivity contribution >= 4 is 38.6 Å². The Balaban J connectivity index is 1.78. The average Bonchev–Trinajstić information content (AvgIpc) is 3.28. The van der Waals surface area contributed by atoms with Gasteiger partial charge in [-0.2, -0.15) is 8.97 Å². The van der Waals surface area contributed by atoms with E-state index in [9.17, 15) is 0 Å². The number of rotatable bonds is 5. The maximum absolute atomic E-state index is 6.71. The zero-order chi connectivity index (χ0) is 21.2. The minimum absolute atomic E-state index is 0.0687. The van der Waals surface area contributed by atoms with Crippen molar-refractivity contribution in [3.05, 3.63) is 59.8 Å². The summed E-state index contributed by atoms with van der Waals surface area (Å²) < 4.78 is 11.7. The van der Waals surface area contributed by atoms with Crippen LogP contribution in [-0.4, -0.2) is 4.40 Å². The van der Waals surface area contributed by atoms with Crippen molar-refractivity contribution in [3.8, 4) is 0 Å². The zero-order valence-electron chi connectivity index (χ0n) is 18.9. The van der Waals surface area contributed by atoms with Gasteiger partial charge in [0.2, 0.25) is 5.52 Å². The van der Waals surface area contributed by atoms with Gasteiger partial charge in [-0.1, -0.05) is 51.5 Å². The summed E-state index contributed by atoms with van der Waals surface area (Å²) in [6.45, 7) is 6.93. The van der Waals surface area contributed by atoms with E-state index in [1.54, 1.807) is 0 Å². The van der Waals surface area contributed by atoms with Crippen molar-refractivity contribution < 1.29 is 8.98 Å². The van der Waals surface area contributed by atoms with Crippen LogP contribution in [0.5, 0.6) is 0 Å². The van der Waals surface area contributed by atoms with Crippen LogP contribution in [0.25, 0.3) is 38.6 Å². The van der Waals surface area contributed by atoms with Crippen LogP contribution < -0.4 is 4.57 Å². The molecule has 0 aliphatic carbocycles. The average molecular weight is 412 g/mol. The molecule has 1 aliphatic heterocycles. The van der Waals surface area contributed by atoms with Crippen molar-refractivity contribution in [2.24, 2.45) is 0 Å². The Labute approximate surface area is 183 Å². The molecule has 6 rings (SSSR count). The smallest absolute Gasteiger partial charge is 0.340 e. The highest BCUT2D eigenvalue weighted by molar-refractivity contribution is 6.05. The van der Waals surface area contributed by atoms with Gasteiger partial charge in [0, 0.05) is 0 Å². The number of benzene rings is 2. The van der Waals surface area contributed by atoms with E-state index >= 15 is 0 Å². The molecule has 3 aromatic heterocycles. The van der Waals surface area contributed by atoms with Crippen LogP contribution in [0.2, 0.25) is 0 Å². The topological polar surface area (TPSA) is 21.4 Å². The summed E-state index contributed by atoms with van der Waals surface area (Å²) in [7, 11) is 0. The minimum Gasteiger partial charge on any atom is -0.419 e. The van der Waals surface area contributed by atoms with E-state index in [0.717, 1.165) is 43.4 Å². The monoisotopic (exact) mass is 411 g/mol. The van der Waals surface area contributed by atoms with E-state index in [2.05, 4.69) is 78.4 Å². The van der Waals surface area contributed by atoms with Crippen LogP contribution in [0, 0.1) is 0 Å². The summed E-state index contributed by atoms with van der Waals surface area (Å²) in [6, 6.07) is 15.9. The molecule has 5 aromatic rings. The summed E-state index contributed by atoms with van der Waals surface area (Å²) in [5.41, 5.74) is 7.50.